The molecule has 0 unspecified atom stereocenters. The van der Waals surface area contributed by atoms with Crippen molar-refractivity contribution in [2.75, 3.05) is 13.2 Å². The first-order valence-electron chi connectivity index (χ1n) is 9.47. The van der Waals surface area contributed by atoms with E-state index in [9.17, 15) is 8.42 Å². The second-order valence-electron chi connectivity index (χ2n) is 6.96. The molecule has 146 valence electrons. The number of aromatic nitrogens is 1. The lowest BCUT2D eigenvalue weighted by atomic mass is 10.0. The van der Waals surface area contributed by atoms with Gasteiger partial charge in [0.1, 0.15) is 5.75 Å². The second-order valence-corrected chi connectivity index (χ2v) is 8.85. The summed E-state index contributed by atoms with van der Waals surface area (Å²) in [7, 11) is -3.63. The van der Waals surface area contributed by atoms with Crippen molar-refractivity contribution in [3.8, 4) is 5.75 Å². The fourth-order valence-electron chi connectivity index (χ4n) is 3.72. The van der Waals surface area contributed by atoms with Crippen molar-refractivity contribution in [1.82, 2.24) is 8.87 Å². The van der Waals surface area contributed by atoms with Gasteiger partial charge in [-0.2, -0.15) is 4.31 Å². The van der Waals surface area contributed by atoms with Crippen LogP contribution in [0.3, 0.4) is 0 Å². The summed E-state index contributed by atoms with van der Waals surface area (Å²) in [6.45, 7) is 5.56. The third-order valence-electron chi connectivity index (χ3n) is 5.13. The van der Waals surface area contributed by atoms with E-state index in [2.05, 4.69) is 4.57 Å². The molecule has 4 rings (SSSR count). The maximum atomic E-state index is 13.5. The first kappa shape index (κ1) is 18.8. The predicted octanol–water partition coefficient (Wildman–Crippen LogP) is 3.99. The normalized spacial score (nSPS) is 17.3. The first-order chi connectivity index (χ1) is 13.5. The van der Waals surface area contributed by atoms with Crippen LogP contribution in [0.1, 0.15) is 29.8 Å². The monoisotopic (exact) mass is 396 g/mol. The number of benzene rings is 2. The van der Waals surface area contributed by atoms with Crippen LogP contribution in [0.5, 0.6) is 5.75 Å². The minimum atomic E-state index is -3.63. The van der Waals surface area contributed by atoms with E-state index < -0.39 is 10.0 Å². The highest BCUT2D eigenvalue weighted by molar-refractivity contribution is 7.89. The van der Waals surface area contributed by atoms with Crippen LogP contribution in [-0.2, 0) is 16.6 Å². The molecule has 0 aliphatic carbocycles. The van der Waals surface area contributed by atoms with Crippen molar-refractivity contribution in [2.24, 2.45) is 0 Å². The lowest BCUT2D eigenvalue weighted by molar-refractivity contribution is 0.298. The van der Waals surface area contributed by atoms with Gasteiger partial charge >= 0.3 is 0 Å². The topological polar surface area (TPSA) is 51.5 Å². The van der Waals surface area contributed by atoms with Gasteiger partial charge < -0.3 is 9.30 Å². The van der Waals surface area contributed by atoms with Crippen LogP contribution in [0.2, 0.25) is 0 Å². The summed E-state index contributed by atoms with van der Waals surface area (Å²) in [6, 6.07) is 18.4. The Morgan fingerprint density at radius 3 is 2.39 bits per heavy atom. The van der Waals surface area contributed by atoms with Gasteiger partial charge in [0, 0.05) is 25.0 Å². The zero-order chi connectivity index (χ0) is 19.7. The van der Waals surface area contributed by atoms with E-state index in [1.165, 1.54) is 0 Å². The van der Waals surface area contributed by atoms with Crippen LogP contribution in [-0.4, -0.2) is 30.4 Å². The van der Waals surface area contributed by atoms with E-state index in [1.54, 1.807) is 16.4 Å². The predicted molar refractivity (Wildman–Crippen MR) is 109 cm³/mol. The lowest BCUT2D eigenvalue weighted by Gasteiger charge is -2.36. The summed E-state index contributed by atoms with van der Waals surface area (Å²) in [6.07, 6.45) is 2.01. The van der Waals surface area contributed by atoms with Gasteiger partial charge in [0.2, 0.25) is 10.0 Å². The van der Waals surface area contributed by atoms with Gasteiger partial charge in [-0.3, -0.25) is 0 Å². The van der Waals surface area contributed by atoms with Crippen LogP contribution in [0, 0.1) is 6.92 Å². The maximum Gasteiger partial charge on any atom is 0.244 e. The standard InChI is InChI=1S/C22H24N2O3S/c1-3-27-19-10-8-18(9-11-19)22-21-5-4-14-23(21)15-16-24(22)28(25,26)20-12-6-17(2)7-13-20/h4-14,22H,3,15-16H2,1-2H3/t22-/m0/s1. The van der Waals surface area contributed by atoms with Crippen molar-refractivity contribution >= 4 is 10.0 Å². The number of rotatable bonds is 5. The Hall–Kier alpha value is -2.57. The fraction of sp³-hybridized carbons (Fsp3) is 0.273. The number of sulfonamides is 1. The Bertz CT molecular complexity index is 1050. The quantitative estimate of drug-likeness (QED) is 0.655. The Morgan fingerprint density at radius 1 is 1.00 bits per heavy atom. The summed E-state index contributed by atoms with van der Waals surface area (Å²) in [5, 5.41) is 0. The molecular weight excluding hydrogens is 372 g/mol. The minimum absolute atomic E-state index is 0.328. The van der Waals surface area contributed by atoms with Crippen molar-refractivity contribution in [3.63, 3.8) is 0 Å². The van der Waals surface area contributed by atoms with E-state index in [0.29, 0.717) is 24.6 Å². The van der Waals surface area contributed by atoms with E-state index in [1.807, 2.05) is 68.6 Å². The Kier molecular flexibility index (Phi) is 5.00. The van der Waals surface area contributed by atoms with Gasteiger partial charge in [0.15, 0.2) is 0 Å². The number of fused-ring (bicyclic) bond motifs is 1. The molecule has 0 N–H and O–H groups in total. The number of nitrogens with zero attached hydrogens (tertiary/aromatic N) is 2. The second kappa shape index (κ2) is 7.45. The number of aryl methyl sites for hydroxylation is 1. The molecule has 28 heavy (non-hydrogen) atoms. The third-order valence-corrected chi connectivity index (χ3v) is 7.01. The summed E-state index contributed by atoms with van der Waals surface area (Å²) < 4.78 is 36.2. The van der Waals surface area contributed by atoms with Crippen molar-refractivity contribution in [2.45, 2.75) is 31.3 Å². The summed E-state index contributed by atoms with van der Waals surface area (Å²) in [5.74, 6) is 0.783. The molecule has 0 spiro atoms. The largest absolute Gasteiger partial charge is 0.494 e. The van der Waals surface area contributed by atoms with Gasteiger partial charge in [0.25, 0.3) is 0 Å². The summed E-state index contributed by atoms with van der Waals surface area (Å²) >= 11 is 0. The molecule has 2 aromatic carbocycles. The van der Waals surface area contributed by atoms with E-state index in [0.717, 1.165) is 22.6 Å². The molecular formula is C22H24N2O3S. The Labute approximate surface area is 166 Å². The highest BCUT2D eigenvalue weighted by Gasteiger charge is 2.37. The zero-order valence-corrected chi connectivity index (χ0v) is 16.9. The Balaban J connectivity index is 1.78. The molecule has 1 atom stereocenters. The van der Waals surface area contributed by atoms with Crippen LogP contribution < -0.4 is 4.74 Å². The van der Waals surface area contributed by atoms with Crippen LogP contribution in [0.25, 0.3) is 0 Å². The molecule has 2 heterocycles. The van der Waals surface area contributed by atoms with Crippen molar-refractivity contribution in [3.05, 3.63) is 83.7 Å². The summed E-state index contributed by atoms with van der Waals surface area (Å²) in [4.78, 5) is 0.328. The van der Waals surface area contributed by atoms with Gasteiger partial charge in [0.05, 0.1) is 17.5 Å². The third kappa shape index (κ3) is 3.34. The van der Waals surface area contributed by atoms with E-state index >= 15 is 0 Å². The Morgan fingerprint density at radius 2 is 1.71 bits per heavy atom. The van der Waals surface area contributed by atoms with E-state index in [-0.39, 0.29) is 6.04 Å². The molecule has 5 nitrogen and oxygen atoms in total. The molecule has 6 heteroatoms. The average molecular weight is 397 g/mol. The van der Waals surface area contributed by atoms with Gasteiger partial charge in [-0.15, -0.1) is 0 Å². The number of hydrogen-bond acceptors (Lipinski definition) is 3. The lowest BCUT2D eigenvalue weighted by Crippen LogP contribution is -2.42. The van der Waals surface area contributed by atoms with Crippen LogP contribution >= 0.6 is 0 Å². The fourth-order valence-corrected chi connectivity index (χ4v) is 5.30. The van der Waals surface area contributed by atoms with Gasteiger partial charge in [-0.25, -0.2) is 8.42 Å². The molecule has 1 aromatic heterocycles. The van der Waals surface area contributed by atoms with Crippen molar-refractivity contribution in [1.29, 1.82) is 0 Å². The highest BCUT2D eigenvalue weighted by atomic mass is 32.2. The highest BCUT2D eigenvalue weighted by Crippen LogP contribution is 2.37. The summed E-state index contributed by atoms with van der Waals surface area (Å²) in [5.41, 5.74) is 2.94. The molecule has 0 radical (unpaired) electrons. The molecule has 1 aliphatic heterocycles. The molecule has 0 saturated carbocycles. The molecule has 0 bridgehead atoms. The van der Waals surface area contributed by atoms with E-state index in [4.69, 9.17) is 4.74 Å². The maximum absolute atomic E-state index is 13.5. The van der Waals surface area contributed by atoms with Gasteiger partial charge in [-0.05, 0) is 55.8 Å². The van der Waals surface area contributed by atoms with Crippen LogP contribution in [0.15, 0.2) is 71.8 Å². The molecule has 1 aliphatic rings. The molecule has 0 fully saturated rings. The SMILES string of the molecule is CCOc1ccc([C@H]2c3cccn3CCN2S(=O)(=O)c2ccc(C)cc2)cc1. The molecule has 3 aromatic rings. The number of hydrogen-bond donors (Lipinski definition) is 0. The zero-order valence-electron chi connectivity index (χ0n) is 16.1. The molecule has 0 saturated heterocycles. The minimum Gasteiger partial charge on any atom is -0.494 e. The number of ether oxygens (including phenoxy) is 1. The average Bonchev–Trinajstić information content (AvgIpc) is 3.17. The van der Waals surface area contributed by atoms with Crippen molar-refractivity contribution < 1.29 is 13.2 Å². The smallest absolute Gasteiger partial charge is 0.244 e. The van der Waals surface area contributed by atoms with Gasteiger partial charge in [-0.1, -0.05) is 29.8 Å². The van der Waals surface area contributed by atoms with Crippen LogP contribution in [0.4, 0.5) is 0 Å². The molecule has 0 amide bonds. The first-order valence-corrected chi connectivity index (χ1v) is 10.9.